The second-order valence-corrected chi connectivity index (χ2v) is 26.8. The van der Waals surface area contributed by atoms with Crippen molar-refractivity contribution in [2.75, 3.05) is 58.8 Å². The third-order valence-electron chi connectivity index (χ3n) is 18.7. The fourth-order valence-corrected chi connectivity index (χ4v) is 15.4. The molecule has 32 aliphatic rings. The number of aliphatic hydroxyl groups excluding tert-OH is 18. The molecule has 538 valence electrons. The van der Waals surface area contributed by atoms with Crippen molar-refractivity contribution in [2.24, 2.45) is 5.92 Å². The van der Waals surface area contributed by atoms with E-state index >= 15 is 0 Å². The Hall–Kier alpha value is -2.54. The van der Waals surface area contributed by atoms with Crippen molar-refractivity contribution < 1.29 is 168 Å². The smallest absolute Gasteiger partial charge is 0.187 e. The maximum atomic E-state index is 12.3. The quantitative estimate of drug-likeness (QED) is 0.122. The molecule has 21 unspecified atom stereocenters. The second kappa shape index (κ2) is 31.8. The van der Waals surface area contributed by atoms with Crippen LogP contribution >= 0.6 is 23.5 Å². The Morgan fingerprint density at radius 1 is 0.326 bits per heavy atom. The van der Waals surface area contributed by atoms with Gasteiger partial charge in [0.1, 0.15) is 158 Å². The van der Waals surface area contributed by atoms with Gasteiger partial charge in [-0.05, 0) is 23.3 Å². The molecule has 0 spiro atoms. The molecule has 20 bridgehead atoms. The van der Waals surface area contributed by atoms with Crippen molar-refractivity contribution in [2.45, 2.75) is 227 Å². The lowest BCUT2D eigenvalue weighted by Crippen LogP contribution is -2.68. The lowest BCUT2D eigenvalue weighted by atomic mass is 9.91. The summed E-state index contributed by atoms with van der Waals surface area (Å²) in [4.78, 5) is 0. The van der Waals surface area contributed by atoms with Crippen molar-refractivity contribution in [1.29, 1.82) is 0 Å². The first-order chi connectivity index (χ1) is 45.6. The number of hydrogen-bond acceptors (Lipinski definition) is 36. The Morgan fingerprint density at radius 2 is 0.579 bits per heavy atom. The number of aliphatic hydroxyl groups is 18. The number of fused-ring (bicyclic) bond motifs is 1. The van der Waals surface area contributed by atoms with Gasteiger partial charge in [-0.1, -0.05) is 31.2 Å². The van der Waals surface area contributed by atoms with E-state index in [2.05, 4.69) is 0 Å². The van der Waals surface area contributed by atoms with Crippen LogP contribution in [0.4, 0.5) is 0 Å². The van der Waals surface area contributed by atoms with Crippen LogP contribution in [0, 0.1) is 5.92 Å². The van der Waals surface area contributed by atoms with Gasteiger partial charge in [0.2, 0.25) is 0 Å². The van der Waals surface area contributed by atoms with Crippen molar-refractivity contribution in [3.8, 4) is 22.6 Å². The first-order valence-corrected chi connectivity index (χ1v) is 33.4. The highest BCUT2D eigenvalue weighted by atomic mass is 32.2. The summed E-state index contributed by atoms with van der Waals surface area (Å²) in [6.07, 6.45) is -63.9. The van der Waals surface area contributed by atoms with Crippen molar-refractivity contribution >= 4 is 23.5 Å². The van der Waals surface area contributed by atoms with Crippen LogP contribution in [0.1, 0.15) is 18.1 Å². The first-order valence-electron chi connectivity index (χ1n) is 31.1. The molecule has 32 aliphatic heterocycles. The number of hydrogen-bond donors (Lipinski definition) is 18. The van der Waals surface area contributed by atoms with E-state index in [1.807, 2.05) is 24.3 Å². The maximum Gasteiger partial charge on any atom is 0.187 e. The van der Waals surface area contributed by atoms with Gasteiger partial charge in [-0.3, -0.25) is 0 Å². The molecule has 0 radical (unpaired) electrons. The van der Waals surface area contributed by atoms with E-state index in [-0.39, 0.29) is 23.0 Å². The Balaban J connectivity index is 0.994. The van der Waals surface area contributed by atoms with Crippen LogP contribution < -0.4 is 9.47 Å². The molecule has 34 rings (SSSR count). The first kappa shape index (κ1) is 73.7. The molecule has 2 aromatic rings. The summed E-state index contributed by atoms with van der Waals surface area (Å²) in [5, 5.41) is 207. The second-order valence-electron chi connectivity index (χ2n) is 24.7. The summed E-state index contributed by atoms with van der Waals surface area (Å²) in [6.45, 7) is -3.47. The Labute approximate surface area is 551 Å². The topological polar surface area (TPSA) is 512 Å². The van der Waals surface area contributed by atoms with Crippen LogP contribution in [0.3, 0.4) is 0 Å². The van der Waals surface area contributed by atoms with Crippen LogP contribution in [0.2, 0.25) is 0 Å². The zero-order valence-corrected chi connectivity index (χ0v) is 53.1. The molecular weight excluding hydrogens is 1320 g/mol. The molecule has 2 aromatic carbocycles. The molecule has 95 heavy (non-hydrogen) atoms. The highest BCUT2D eigenvalue weighted by Gasteiger charge is 2.59. The molecule has 18 N–H and O–H groups in total. The third kappa shape index (κ3) is 14.9. The largest absolute Gasteiger partial charge is 0.496 e. The number of methoxy groups -OCH3 is 2. The van der Waals surface area contributed by atoms with E-state index < -0.39 is 248 Å². The number of rotatable bonds is 7. The molecule has 16 fully saturated rings. The van der Waals surface area contributed by atoms with Gasteiger partial charge in [0.05, 0.1) is 65.6 Å². The van der Waals surface area contributed by atoms with Crippen LogP contribution in [0.5, 0.6) is 11.5 Å². The monoisotopic (exact) mass is 1400 g/mol. The summed E-state index contributed by atoms with van der Waals surface area (Å²) >= 11 is 2.45. The molecule has 0 amide bonds. The summed E-state index contributed by atoms with van der Waals surface area (Å²) in [5.41, 5.74) is 2.75. The van der Waals surface area contributed by atoms with Crippen LogP contribution in [-0.2, 0) is 77.8 Å². The minimum atomic E-state index is -2.18. The van der Waals surface area contributed by atoms with Crippen molar-refractivity contribution in [3.63, 3.8) is 0 Å². The molecule has 32 heterocycles. The number of ether oxygens (including phenoxy) is 16. The van der Waals surface area contributed by atoms with E-state index in [1.165, 1.54) is 44.7 Å². The van der Waals surface area contributed by atoms with Gasteiger partial charge >= 0.3 is 0 Å². The van der Waals surface area contributed by atoms with E-state index in [0.29, 0.717) is 33.8 Å². The summed E-state index contributed by atoms with van der Waals surface area (Å²) in [7, 11) is 2.95. The van der Waals surface area contributed by atoms with Gasteiger partial charge in [0, 0.05) is 40.1 Å². The SMILES string of the molecule is COc1cc2ccc1CSCC1O[C@@H]3O[C@@H]4C(CO)O[C@H](O[C@@H]5C(CO)O[C@H](O[C@@H]6C(CO)O[C@H](O[C@@H]7C(CSCc8ccc-2cc8OC)O[C@H](O[C@@H]2C(CO)O[C@H](O[C@@H]8C(CO)O[C@H](O[C@H]1C(O)C3C)C(O)C8O)C(O)C2O)C(O)C7O)C(O)C6O)C(O)C5O)C(O)C4O. The molecule has 16 saturated heterocycles. The fraction of sp³-hybridized carbons (Fsp3) is 0.797. The standard InChI is InChI=1S/C59H86O34S2/c1-19-33(65)51-31-17-94-15-22-6-4-20(8-24(22)78-2)21-5-7-23(25(9-21)79-3)16-95-18-32-52(39(71)45(77)59(86-32)91-50-30(14-64)82-56(42(74)36(50)68)89-48-28(12-62)83-57(92-51)43(75)37(48)69)93-58-44(76)38(70)49(29(13-63)84-58)90-55-41(73)35(67)47(27(11-61)81-55)88-54-40(72)34(66)46(26(10-60)80-54)87-53(19)85-31/h4-9,19,26-77H,10-18H2,1-3H3/t19?,26?,27?,28?,29?,30?,31?,32?,33?,34?,35?,36?,37?,38?,39?,40?,41?,42?,43?,44?,45?,46-,47-,48-,49-,50-,51-,52-,53-,54-,55-,56-,57-,58-,59-/m1/s1. The zero-order chi connectivity index (χ0) is 68.0. The van der Waals surface area contributed by atoms with Gasteiger partial charge in [-0.2, -0.15) is 23.5 Å². The Morgan fingerprint density at radius 3 is 0.874 bits per heavy atom. The van der Waals surface area contributed by atoms with Crippen molar-refractivity contribution in [1.82, 2.24) is 0 Å². The summed E-state index contributed by atoms with van der Waals surface area (Å²) in [6, 6.07) is 10.9. The molecule has 0 aliphatic carbocycles. The van der Waals surface area contributed by atoms with E-state index in [9.17, 15) is 91.9 Å². The molecule has 36 heteroatoms. The summed E-state index contributed by atoms with van der Waals surface area (Å²) < 4.78 is 97.0. The molecule has 35 atom stereocenters. The van der Waals surface area contributed by atoms with Crippen LogP contribution in [-0.4, -0.2) is 360 Å². The van der Waals surface area contributed by atoms with Gasteiger partial charge < -0.3 is 168 Å². The molecular formula is C59H86O34S2. The fourth-order valence-electron chi connectivity index (χ4n) is 13.2. The predicted molar refractivity (Wildman–Crippen MR) is 315 cm³/mol. The average Bonchev–Trinajstić information content (AvgIpc) is 0.791. The maximum absolute atomic E-state index is 12.3. The lowest BCUT2D eigenvalue weighted by molar-refractivity contribution is -0.394. The predicted octanol–water partition coefficient (Wildman–Crippen LogP) is -8.08. The molecule has 0 saturated carbocycles. The van der Waals surface area contributed by atoms with Crippen molar-refractivity contribution in [3.05, 3.63) is 47.5 Å². The van der Waals surface area contributed by atoms with E-state index in [4.69, 9.17) is 75.8 Å². The molecule has 0 aromatic heterocycles. The number of benzene rings is 2. The summed E-state index contributed by atoms with van der Waals surface area (Å²) in [5.74, 6) is -0.110. The average molecular weight is 1400 g/mol. The normalized spacial score (nSPS) is 47.9. The minimum Gasteiger partial charge on any atom is -0.496 e. The highest BCUT2D eigenvalue weighted by Crippen LogP contribution is 2.42. The van der Waals surface area contributed by atoms with Gasteiger partial charge in [-0.15, -0.1) is 0 Å². The molecule has 34 nitrogen and oxygen atoms in total. The van der Waals surface area contributed by atoms with Gasteiger partial charge in [0.25, 0.3) is 0 Å². The third-order valence-corrected chi connectivity index (χ3v) is 20.9. The van der Waals surface area contributed by atoms with E-state index in [1.54, 1.807) is 12.1 Å². The van der Waals surface area contributed by atoms with Gasteiger partial charge in [0.15, 0.2) is 44.0 Å². The lowest BCUT2D eigenvalue weighted by Gasteiger charge is -2.50. The van der Waals surface area contributed by atoms with Crippen LogP contribution in [0.15, 0.2) is 36.4 Å². The van der Waals surface area contributed by atoms with Crippen LogP contribution in [0.25, 0.3) is 11.1 Å². The Kier molecular flexibility index (Phi) is 24.6. The van der Waals surface area contributed by atoms with E-state index in [0.717, 1.165) is 0 Å². The number of thioether (sulfide) groups is 2. The highest BCUT2D eigenvalue weighted by molar-refractivity contribution is 7.98. The zero-order valence-electron chi connectivity index (χ0n) is 51.4. The Bertz CT molecular complexity index is 2780. The van der Waals surface area contributed by atoms with Gasteiger partial charge in [-0.25, -0.2) is 0 Å². The minimum absolute atomic E-state index is 0.0615.